The molecule has 3 aromatic rings. The first-order valence-corrected chi connectivity index (χ1v) is 9.44. The van der Waals surface area contributed by atoms with E-state index in [1.54, 1.807) is 24.3 Å². The third-order valence-electron chi connectivity index (χ3n) is 3.43. The van der Waals surface area contributed by atoms with Crippen LogP contribution in [0, 0.1) is 11.3 Å². The normalized spacial score (nSPS) is 10.2. The lowest BCUT2D eigenvalue weighted by atomic mass is 10.1. The van der Waals surface area contributed by atoms with E-state index in [-0.39, 0.29) is 11.7 Å². The second-order valence-corrected chi connectivity index (χ2v) is 7.20. The molecule has 0 radical (unpaired) electrons. The van der Waals surface area contributed by atoms with Crippen LogP contribution in [0.3, 0.4) is 0 Å². The summed E-state index contributed by atoms with van der Waals surface area (Å²) in [4.78, 5) is 12.0. The van der Waals surface area contributed by atoms with E-state index in [2.05, 4.69) is 31.4 Å². The van der Waals surface area contributed by atoms with Crippen molar-refractivity contribution in [3.05, 3.63) is 70.7 Å². The molecule has 1 amide bonds. The first-order valence-electron chi connectivity index (χ1n) is 7.66. The molecule has 0 spiro atoms. The van der Waals surface area contributed by atoms with E-state index in [0.717, 1.165) is 15.7 Å². The van der Waals surface area contributed by atoms with Crippen molar-refractivity contribution in [2.45, 2.75) is 5.03 Å². The number of nitrogens with one attached hydrogen (secondary N) is 1. The van der Waals surface area contributed by atoms with Crippen LogP contribution in [0.15, 0.2) is 70.2 Å². The number of carbonyl (C=O) groups is 1. The minimum absolute atomic E-state index is 0.140. The van der Waals surface area contributed by atoms with Gasteiger partial charge in [-0.25, -0.2) is 0 Å². The van der Waals surface area contributed by atoms with Gasteiger partial charge in [0.2, 0.25) is 5.91 Å². The lowest BCUT2D eigenvalue weighted by molar-refractivity contribution is -0.113. The number of amides is 1. The van der Waals surface area contributed by atoms with Gasteiger partial charge in [-0.15, -0.1) is 10.2 Å². The number of benzene rings is 2. The molecule has 1 N–H and O–H groups in total. The van der Waals surface area contributed by atoms with Crippen molar-refractivity contribution in [3.63, 3.8) is 0 Å². The number of carbonyl (C=O) groups excluding carboxylic acids is 1. The predicted molar refractivity (Wildman–Crippen MR) is 106 cm³/mol. The quantitative estimate of drug-likeness (QED) is 0.609. The number of nitrogens with zero attached hydrogens (tertiary/aromatic N) is 3. The maximum Gasteiger partial charge on any atom is 0.234 e. The lowest BCUT2D eigenvalue weighted by Gasteiger charge is -2.05. The van der Waals surface area contributed by atoms with Crippen molar-refractivity contribution in [1.82, 2.24) is 10.2 Å². The summed E-state index contributed by atoms with van der Waals surface area (Å²) >= 11 is 4.72. The molecule has 2 aromatic carbocycles. The molecule has 26 heavy (non-hydrogen) atoms. The van der Waals surface area contributed by atoms with Gasteiger partial charge in [0.1, 0.15) is 5.03 Å². The molecule has 7 heteroatoms. The molecule has 1 heterocycles. The van der Waals surface area contributed by atoms with Gasteiger partial charge in [0.15, 0.2) is 0 Å². The Balaban J connectivity index is 1.54. The van der Waals surface area contributed by atoms with Crippen molar-refractivity contribution >= 4 is 39.3 Å². The summed E-state index contributed by atoms with van der Waals surface area (Å²) in [7, 11) is 0. The Morgan fingerprint density at radius 3 is 2.38 bits per heavy atom. The summed E-state index contributed by atoms with van der Waals surface area (Å²) in [5, 5.41) is 20.6. The summed E-state index contributed by atoms with van der Waals surface area (Å²) in [6, 6.07) is 20.3. The van der Waals surface area contributed by atoms with Gasteiger partial charge in [-0.05, 0) is 48.5 Å². The standard InChI is InChI=1S/C19H13BrN4OS/c20-15-5-3-14(4-6-15)17-9-10-19(24-23-17)26-12-18(25)22-16-7-1-13(11-21)2-8-16/h1-10H,12H2,(H,22,25). The van der Waals surface area contributed by atoms with Crippen LogP contribution in [-0.2, 0) is 4.79 Å². The molecule has 0 aliphatic heterocycles. The van der Waals surface area contributed by atoms with Crippen molar-refractivity contribution in [2.75, 3.05) is 11.1 Å². The molecular weight excluding hydrogens is 412 g/mol. The van der Waals surface area contributed by atoms with Crippen molar-refractivity contribution < 1.29 is 4.79 Å². The fourth-order valence-electron chi connectivity index (χ4n) is 2.14. The van der Waals surface area contributed by atoms with E-state index in [1.807, 2.05) is 42.5 Å². The summed E-state index contributed by atoms with van der Waals surface area (Å²) in [5.74, 6) is 0.0882. The predicted octanol–water partition coefficient (Wildman–Crippen LogP) is 4.51. The smallest absolute Gasteiger partial charge is 0.234 e. The number of hydrogen-bond acceptors (Lipinski definition) is 5. The van der Waals surface area contributed by atoms with Crippen LogP contribution in [0.1, 0.15) is 5.56 Å². The molecule has 3 rings (SSSR count). The molecule has 0 fully saturated rings. The number of thioether (sulfide) groups is 1. The minimum Gasteiger partial charge on any atom is -0.325 e. The Hall–Kier alpha value is -2.69. The number of aromatic nitrogens is 2. The molecule has 5 nitrogen and oxygen atoms in total. The SMILES string of the molecule is N#Cc1ccc(NC(=O)CSc2ccc(-c3ccc(Br)cc3)nn2)cc1. The topological polar surface area (TPSA) is 78.7 Å². The van der Waals surface area contributed by atoms with E-state index in [4.69, 9.17) is 5.26 Å². The first kappa shape index (κ1) is 18.1. The van der Waals surface area contributed by atoms with Crippen molar-refractivity contribution in [3.8, 4) is 17.3 Å². The first-order chi connectivity index (χ1) is 12.6. The van der Waals surface area contributed by atoms with Crippen LogP contribution in [0.25, 0.3) is 11.3 Å². The van der Waals surface area contributed by atoms with Gasteiger partial charge in [-0.1, -0.05) is 39.8 Å². The second kappa shape index (κ2) is 8.61. The molecule has 128 valence electrons. The minimum atomic E-state index is -0.140. The highest BCUT2D eigenvalue weighted by molar-refractivity contribution is 9.10. The summed E-state index contributed by atoms with van der Waals surface area (Å²) < 4.78 is 1.01. The zero-order valence-corrected chi connectivity index (χ0v) is 15.9. The molecule has 0 aliphatic carbocycles. The van der Waals surface area contributed by atoms with E-state index < -0.39 is 0 Å². The number of rotatable bonds is 5. The van der Waals surface area contributed by atoms with Crippen LogP contribution in [0.2, 0.25) is 0 Å². The molecule has 0 saturated heterocycles. The number of halogens is 1. The van der Waals surface area contributed by atoms with E-state index in [9.17, 15) is 4.79 Å². The van der Waals surface area contributed by atoms with Gasteiger partial charge in [-0.2, -0.15) is 5.26 Å². The number of nitriles is 1. The largest absolute Gasteiger partial charge is 0.325 e. The molecule has 0 unspecified atom stereocenters. The molecule has 0 saturated carbocycles. The van der Waals surface area contributed by atoms with Gasteiger partial charge in [0.05, 0.1) is 23.1 Å². The van der Waals surface area contributed by atoms with Crippen molar-refractivity contribution in [1.29, 1.82) is 5.26 Å². The molecule has 1 aromatic heterocycles. The Kier molecular flexibility index (Phi) is 6.00. The fourth-order valence-corrected chi connectivity index (χ4v) is 3.01. The molecule has 0 atom stereocenters. The Bertz CT molecular complexity index is 935. The fraction of sp³-hybridized carbons (Fsp3) is 0.0526. The molecule has 0 bridgehead atoms. The highest BCUT2D eigenvalue weighted by Gasteiger charge is 2.06. The van der Waals surface area contributed by atoms with E-state index >= 15 is 0 Å². The van der Waals surface area contributed by atoms with Gasteiger partial charge in [0, 0.05) is 15.7 Å². The van der Waals surface area contributed by atoms with Crippen LogP contribution >= 0.6 is 27.7 Å². The van der Waals surface area contributed by atoms with Gasteiger partial charge in [-0.3, -0.25) is 4.79 Å². The third-order valence-corrected chi connectivity index (χ3v) is 4.88. The van der Waals surface area contributed by atoms with Crippen LogP contribution in [0.5, 0.6) is 0 Å². The third kappa shape index (κ3) is 4.91. The average Bonchev–Trinajstić information content (AvgIpc) is 2.68. The summed E-state index contributed by atoms with van der Waals surface area (Å²) in [6.45, 7) is 0. The maximum absolute atomic E-state index is 12.0. The van der Waals surface area contributed by atoms with Gasteiger partial charge < -0.3 is 5.32 Å². The maximum atomic E-state index is 12.0. The van der Waals surface area contributed by atoms with E-state index in [0.29, 0.717) is 16.3 Å². The summed E-state index contributed by atoms with van der Waals surface area (Å²) in [6.07, 6.45) is 0. The Morgan fingerprint density at radius 1 is 1.04 bits per heavy atom. The second-order valence-electron chi connectivity index (χ2n) is 5.29. The Morgan fingerprint density at radius 2 is 1.77 bits per heavy atom. The highest BCUT2D eigenvalue weighted by Crippen LogP contribution is 2.22. The summed E-state index contributed by atoms with van der Waals surface area (Å²) in [5.41, 5.74) is 2.98. The zero-order valence-electron chi connectivity index (χ0n) is 13.5. The van der Waals surface area contributed by atoms with Crippen LogP contribution in [0.4, 0.5) is 5.69 Å². The van der Waals surface area contributed by atoms with Gasteiger partial charge >= 0.3 is 0 Å². The molecular formula is C19H13BrN4OS. The van der Waals surface area contributed by atoms with Crippen LogP contribution in [-0.4, -0.2) is 21.9 Å². The number of anilines is 1. The van der Waals surface area contributed by atoms with E-state index in [1.165, 1.54) is 11.8 Å². The van der Waals surface area contributed by atoms with Crippen molar-refractivity contribution in [2.24, 2.45) is 0 Å². The van der Waals surface area contributed by atoms with Crippen LogP contribution < -0.4 is 5.32 Å². The Labute approximate surface area is 163 Å². The monoisotopic (exact) mass is 424 g/mol. The van der Waals surface area contributed by atoms with Gasteiger partial charge in [0.25, 0.3) is 0 Å². The molecule has 0 aliphatic rings. The zero-order chi connectivity index (χ0) is 18.4. The lowest BCUT2D eigenvalue weighted by Crippen LogP contribution is -2.14. The number of hydrogen-bond donors (Lipinski definition) is 1. The highest BCUT2D eigenvalue weighted by atomic mass is 79.9. The average molecular weight is 425 g/mol.